The average Bonchev–Trinajstić information content (AvgIpc) is 3.97. The van der Waals surface area contributed by atoms with Crippen molar-refractivity contribution in [2.45, 2.75) is 13.8 Å². The fourth-order valence-electron chi connectivity index (χ4n) is 9.74. The summed E-state index contributed by atoms with van der Waals surface area (Å²) in [6.45, 7) is 4.47. The van der Waals surface area contributed by atoms with Gasteiger partial charge in [0.25, 0.3) is 0 Å². The molecule has 0 amide bonds. The molecule has 2 heterocycles. The SMILES string of the molecule is Cc1cc(-n2c3ccc(N(c4ccccc4)c4ccccc4)cc3c3cc(N(c4ccccc4)c4ccccc4)ccc32)c(C)cc1-c1ccc(-c2ccc3nc(-c4ccccc4)oc3c2)cc1. The van der Waals surface area contributed by atoms with Crippen molar-refractivity contribution in [1.82, 2.24) is 9.55 Å². The van der Waals surface area contributed by atoms with E-state index >= 15 is 0 Å². The molecular weight excluding hydrogens is 829 g/mol. The zero-order chi connectivity index (χ0) is 45.6. The van der Waals surface area contributed by atoms with Gasteiger partial charge in [0.05, 0.1) is 11.0 Å². The Labute approximate surface area is 396 Å². The van der Waals surface area contributed by atoms with E-state index in [9.17, 15) is 0 Å². The first-order valence-electron chi connectivity index (χ1n) is 23.1. The summed E-state index contributed by atoms with van der Waals surface area (Å²) in [5.74, 6) is 0.633. The summed E-state index contributed by atoms with van der Waals surface area (Å²) in [5.41, 5.74) is 19.6. The van der Waals surface area contributed by atoms with Crippen LogP contribution in [0.5, 0.6) is 0 Å². The van der Waals surface area contributed by atoms with Crippen LogP contribution in [0.25, 0.3) is 72.3 Å². The summed E-state index contributed by atoms with van der Waals surface area (Å²) in [4.78, 5) is 9.43. The van der Waals surface area contributed by atoms with Gasteiger partial charge in [-0.25, -0.2) is 4.98 Å². The smallest absolute Gasteiger partial charge is 0.227 e. The van der Waals surface area contributed by atoms with Gasteiger partial charge in [0.1, 0.15) is 5.52 Å². The van der Waals surface area contributed by atoms with Gasteiger partial charge >= 0.3 is 0 Å². The summed E-state index contributed by atoms with van der Waals surface area (Å²) in [5, 5.41) is 2.35. The minimum atomic E-state index is 0.633. The number of anilines is 6. The molecule has 5 heteroatoms. The first-order chi connectivity index (χ1) is 33.5. The standard InChI is InChI=1S/C63H46N4O/c1-43-39-61(44(2)38-55(43)46-30-28-45(29-31-46)48-32-35-58-62(40-48)68-63(64-58)47-18-8-3-9-19-47)67-59-36-33-53(65(49-20-10-4-11-21-49)50-22-12-5-13-23-50)41-56(59)57-42-54(34-37-60(57)67)66(51-24-14-6-15-25-51)52-26-16-7-17-27-52/h3-42H,1-2H3. The Morgan fingerprint density at radius 1 is 0.368 bits per heavy atom. The van der Waals surface area contributed by atoms with E-state index in [0.717, 1.165) is 78.6 Å². The molecule has 0 radical (unpaired) electrons. The van der Waals surface area contributed by atoms with Crippen molar-refractivity contribution >= 4 is 67.0 Å². The number of hydrogen-bond donors (Lipinski definition) is 0. The zero-order valence-electron chi connectivity index (χ0n) is 37.8. The molecule has 0 spiro atoms. The van der Waals surface area contributed by atoms with E-state index in [2.05, 4.69) is 234 Å². The van der Waals surface area contributed by atoms with Crippen LogP contribution in [0.4, 0.5) is 34.1 Å². The summed E-state index contributed by atoms with van der Waals surface area (Å²) >= 11 is 0. The van der Waals surface area contributed by atoms with Gasteiger partial charge in [-0.1, -0.05) is 121 Å². The van der Waals surface area contributed by atoms with E-state index < -0.39 is 0 Å². The van der Waals surface area contributed by atoms with E-state index in [1.807, 2.05) is 36.4 Å². The molecule has 0 unspecified atom stereocenters. The van der Waals surface area contributed by atoms with Crippen LogP contribution in [0, 0.1) is 13.8 Å². The van der Waals surface area contributed by atoms with Gasteiger partial charge in [0.15, 0.2) is 5.58 Å². The van der Waals surface area contributed by atoms with E-state index in [1.165, 1.54) is 33.0 Å². The highest BCUT2D eigenvalue weighted by molar-refractivity contribution is 6.12. The Balaban J connectivity index is 0.973. The minimum Gasteiger partial charge on any atom is -0.436 e. The maximum atomic E-state index is 6.22. The van der Waals surface area contributed by atoms with Gasteiger partial charge in [-0.2, -0.15) is 0 Å². The van der Waals surface area contributed by atoms with Crippen molar-refractivity contribution in [2.75, 3.05) is 9.80 Å². The number of benzene rings is 10. The lowest BCUT2D eigenvalue weighted by Gasteiger charge is -2.26. The van der Waals surface area contributed by atoms with Crippen LogP contribution in [0.15, 0.2) is 247 Å². The Kier molecular flexibility index (Phi) is 10.2. The Hall–Kier alpha value is -8.93. The Morgan fingerprint density at radius 2 is 0.824 bits per heavy atom. The monoisotopic (exact) mass is 874 g/mol. The molecule has 10 aromatic carbocycles. The predicted octanol–water partition coefficient (Wildman–Crippen LogP) is 17.5. The highest BCUT2D eigenvalue weighted by atomic mass is 16.3. The van der Waals surface area contributed by atoms with Crippen molar-refractivity contribution in [2.24, 2.45) is 0 Å². The second-order valence-corrected chi connectivity index (χ2v) is 17.3. The highest BCUT2D eigenvalue weighted by Gasteiger charge is 2.21. The number of oxazole rings is 1. The average molecular weight is 875 g/mol. The molecule has 0 saturated carbocycles. The van der Waals surface area contributed by atoms with Crippen molar-refractivity contribution in [1.29, 1.82) is 0 Å². The number of nitrogens with zero attached hydrogens (tertiary/aromatic N) is 4. The molecular formula is C63H46N4O. The van der Waals surface area contributed by atoms with Crippen LogP contribution in [-0.2, 0) is 0 Å². The molecule has 0 fully saturated rings. The minimum absolute atomic E-state index is 0.633. The number of hydrogen-bond acceptors (Lipinski definition) is 4. The number of aromatic nitrogens is 2. The highest BCUT2D eigenvalue weighted by Crippen LogP contribution is 2.44. The van der Waals surface area contributed by atoms with Crippen LogP contribution in [0.1, 0.15) is 11.1 Å². The molecule has 0 aliphatic heterocycles. The molecule has 12 rings (SSSR count). The fourth-order valence-corrected chi connectivity index (χ4v) is 9.74. The predicted molar refractivity (Wildman–Crippen MR) is 283 cm³/mol. The summed E-state index contributed by atoms with van der Waals surface area (Å²) < 4.78 is 8.68. The lowest BCUT2D eigenvalue weighted by Crippen LogP contribution is -2.09. The number of fused-ring (bicyclic) bond motifs is 4. The molecule has 0 bridgehead atoms. The third-order valence-electron chi connectivity index (χ3n) is 13.0. The second-order valence-electron chi connectivity index (χ2n) is 17.3. The summed E-state index contributed by atoms with van der Waals surface area (Å²) in [6, 6.07) is 86.3. The summed E-state index contributed by atoms with van der Waals surface area (Å²) in [7, 11) is 0. The van der Waals surface area contributed by atoms with Gasteiger partial charge < -0.3 is 18.8 Å². The lowest BCUT2D eigenvalue weighted by atomic mass is 9.95. The molecule has 12 aromatic rings. The molecule has 0 N–H and O–H groups in total. The number of rotatable bonds is 10. The Bertz CT molecular complexity index is 3510. The lowest BCUT2D eigenvalue weighted by molar-refractivity contribution is 0.620. The molecule has 0 aliphatic carbocycles. The maximum Gasteiger partial charge on any atom is 0.227 e. The van der Waals surface area contributed by atoms with Crippen LogP contribution < -0.4 is 9.80 Å². The van der Waals surface area contributed by atoms with Crippen molar-refractivity contribution in [3.63, 3.8) is 0 Å². The zero-order valence-corrected chi connectivity index (χ0v) is 37.8. The largest absolute Gasteiger partial charge is 0.436 e. The van der Waals surface area contributed by atoms with E-state index in [4.69, 9.17) is 9.40 Å². The van der Waals surface area contributed by atoms with E-state index in [-0.39, 0.29) is 0 Å². The first kappa shape index (κ1) is 40.6. The Morgan fingerprint density at radius 3 is 1.32 bits per heavy atom. The van der Waals surface area contributed by atoms with Gasteiger partial charge in [-0.05, 0) is 169 Å². The quantitative estimate of drug-likeness (QED) is 0.137. The third-order valence-corrected chi connectivity index (χ3v) is 13.0. The van der Waals surface area contributed by atoms with Gasteiger partial charge in [0.2, 0.25) is 5.89 Å². The molecule has 2 aromatic heterocycles. The topological polar surface area (TPSA) is 37.4 Å². The van der Waals surface area contributed by atoms with E-state index in [1.54, 1.807) is 0 Å². The molecule has 0 saturated heterocycles. The maximum absolute atomic E-state index is 6.22. The summed E-state index contributed by atoms with van der Waals surface area (Å²) in [6.07, 6.45) is 0. The van der Waals surface area contributed by atoms with Crippen LogP contribution in [-0.4, -0.2) is 9.55 Å². The molecule has 0 atom stereocenters. The number of aryl methyl sites for hydroxylation is 2. The number of para-hydroxylation sites is 4. The van der Waals surface area contributed by atoms with Crippen LogP contribution in [0.2, 0.25) is 0 Å². The normalized spacial score (nSPS) is 11.4. The molecule has 5 nitrogen and oxygen atoms in total. The van der Waals surface area contributed by atoms with Crippen LogP contribution >= 0.6 is 0 Å². The van der Waals surface area contributed by atoms with Crippen molar-refractivity contribution < 1.29 is 4.42 Å². The molecule has 0 aliphatic rings. The first-order valence-corrected chi connectivity index (χ1v) is 23.1. The molecule has 324 valence electrons. The van der Waals surface area contributed by atoms with Gasteiger partial charge in [-0.15, -0.1) is 0 Å². The van der Waals surface area contributed by atoms with Gasteiger partial charge in [-0.3, -0.25) is 0 Å². The van der Waals surface area contributed by atoms with Crippen LogP contribution in [0.3, 0.4) is 0 Å². The molecule has 68 heavy (non-hydrogen) atoms. The van der Waals surface area contributed by atoms with Crippen molar-refractivity contribution in [3.05, 3.63) is 254 Å². The second kappa shape index (κ2) is 17.1. The van der Waals surface area contributed by atoms with Crippen molar-refractivity contribution in [3.8, 4) is 39.4 Å². The fraction of sp³-hybridized carbons (Fsp3) is 0.0317. The third kappa shape index (κ3) is 7.37. The van der Waals surface area contributed by atoms with Gasteiger partial charge in [0, 0.05) is 56.1 Å². The van der Waals surface area contributed by atoms with E-state index in [0.29, 0.717) is 5.89 Å².